The summed E-state index contributed by atoms with van der Waals surface area (Å²) in [7, 11) is 0. The largest absolute Gasteiger partial charge is 0.339 e. The van der Waals surface area contributed by atoms with Gasteiger partial charge in [0.05, 0.1) is 10.2 Å². The lowest BCUT2D eigenvalue weighted by Crippen LogP contribution is -1.95. The van der Waals surface area contributed by atoms with Crippen LogP contribution in [-0.2, 0) is 0 Å². The first-order chi connectivity index (χ1) is 10.1. The summed E-state index contributed by atoms with van der Waals surface area (Å²) in [6.45, 7) is 0. The van der Waals surface area contributed by atoms with Crippen LogP contribution in [0.15, 0.2) is 59.1 Å². The van der Waals surface area contributed by atoms with Crippen LogP contribution in [0.3, 0.4) is 0 Å². The SMILES string of the molecule is Fc1c(Br)cccc1-c1cc(=S)nc(-c2ccccc2)[nH]1. The molecule has 104 valence electrons. The highest BCUT2D eigenvalue weighted by molar-refractivity contribution is 9.10. The van der Waals surface area contributed by atoms with Crippen molar-refractivity contribution in [3.63, 3.8) is 0 Å². The van der Waals surface area contributed by atoms with E-state index in [1.54, 1.807) is 24.3 Å². The monoisotopic (exact) mass is 360 g/mol. The lowest BCUT2D eigenvalue weighted by molar-refractivity contribution is 0.624. The first-order valence-corrected chi connectivity index (χ1v) is 7.46. The third kappa shape index (κ3) is 2.94. The van der Waals surface area contributed by atoms with Crippen molar-refractivity contribution in [3.05, 3.63) is 69.5 Å². The number of rotatable bonds is 2. The predicted octanol–water partition coefficient (Wildman–Crippen LogP) is 5.37. The molecule has 0 bridgehead atoms. The molecule has 1 aromatic heterocycles. The smallest absolute Gasteiger partial charge is 0.146 e. The summed E-state index contributed by atoms with van der Waals surface area (Å²) >= 11 is 8.39. The first-order valence-electron chi connectivity index (χ1n) is 6.26. The van der Waals surface area contributed by atoms with Gasteiger partial charge in [0.2, 0.25) is 0 Å². The Morgan fingerprint density at radius 2 is 1.81 bits per heavy atom. The van der Waals surface area contributed by atoms with Gasteiger partial charge >= 0.3 is 0 Å². The molecule has 0 unspecified atom stereocenters. The third-order valence-corrected chi connectivity index (χ3v) is 3.85. The van der Waals surface area contributed by atoms with Gasteiger partial charge < -0.3 is 4.98 Å². The number of nitrogens with zero attached hydrogens (tertiary/aromatic N) is 1. The van der Waals surface area contributed by atoms with Crippen LogP contribution >= 0.6 is 28.1 Å². The molecule has 0 saturated heterocycles. The molecule has 21 heavy (non-hydrogen) atoms. The second-order valence-corrected chi connectivity index (χ2v) is 5.72. The molecule has 0 aliphatic heterocycles. The quantitative estimate of drug-likeness (QED) is 0.622. The fourth-order valence-corrected chi connectivity index (χ4v) is 2.62. The zero-order chi connectivity index (χ0) is 14.8. The second-order valence-electron chi connectivity index (χ2n) is 4.45. The summed E-state index contributed by atoms with van der Waals surface area (Å²) in [6, 6.07) is 16.4. The van der Waals surface area contributed by atoms with Crippen LogP contribution in [0.1, 0.15) is 0 Å². The number of halogens is 2. The molecule has 0 saturated carbocycles. The van der Waals surface area contributed by atoms with Crippen LogP contribution in [0.2, 0.25) is 0 Å². The van der Waals surface area contributed by atoms with E-state index in [0.717, 1.165) is 5.56 Å². The molecule has 3 rings (SSSR count). The summed E-state index contributed by atoms with van der Waals surface area (Å²) in [5.41, 5.74) is 1.96. The number of hydrogen-bond acceptors (Lipinski definition) is 2. The van der Waals surface area contributed by atoms with E-state index in [1.807, 2.05) is 30.3 Å². The number of hydrogen-bond donors (Lipinski definition) is 1. The van der Waals surface area contributed by atoms with Crippen molar-refractivity contribution < 1.29 is 4.39 Å². The Morgan fingerprint density at radius 1 is 1.05 bits per heavy atom. The van der Waals surface area contributed by atoms with E-state index in [2.05, 4.69) is 25.9 Å². The normalized spacial score (nSPS) is 10.6. The molecular formula is C16H10BrFN2S. The van der Waals surface area contributed by atoms with E-state index in [9.17, 15) is 4.39 Å². The van der Waals surface area contributed by atoms with E-state index in [0.29, 0.717) is 26.2 Å². The number of H-pyrrole nitrogens is 1. The van der Waals surface area contributed by atoms with E-state index in [-0.39, 0.29) is 5.82 Å². The number of aromatic amines is 1. The van der Waals surface area contributed by atoms with Crippen molar-refractivity contribution in [1.82, 2.24) is 9.97 Å². The fourth-order valence-electron chi connectivity index (χ4n) is 2.05. The maximum absolute atomic E-state index is 14.2. The van der Waals surface area contributed by atoms with Gasteiger partial charge in [-0.2, -0.15) is 0 Å². The summed E-state index contributed by atoms with van der Waals surface area (Å²) < 4.78 is 15.1. The topological polar surface area (TPSA) is 28.7 Å². The van der Waals surface area contributed by atoms with Gasteiger partial charge in [-0.05, 0) is 34.1 Å². The Kier molecular flexibility index (Phi) is 3.94. The maximum atomic E-state index is 14.2. The van der Waals surface area contributed by atoms with E-state index < -0.39 is 0 Å². The zero-order valence-electron chi connectivity index (χ0n) is 10.8. The van der Waals surface area contributed by atoms with E-state index in [4.69, 9.17) is 12.2 Å². The first kappa shape index (κ1) is 14.1. The minimum Gasteiger partial charge on any atom is -0.339 e. The van der Waals surface area contributed by atoms with Gasteiger partial charge in [-0.15, -0.1) is 0 Å². The molecular weight excluding hydrogens is 351 g/mol. The predicted molar refractivity (Wildman–Crippen MR) is 88.0 cm³/mol. The average Bonchev–Trinajstić information content (AvgIpc) is 2.50. The molecule has 1 N–H and O–H groups in total. The molecule has 0 aliphatic carbocycles. The molecule has 0 fully saturated rings. The molecule has 1 heterocycles. The van der Waals surface area contributed by atoms with Crippen molar-refractivity contribution in [2.75, 3.05) is 0 Å². The van der Waals surface area contributed by atoms with Gasteiger partial charge in [-0.1, -0.05) is 48.6 Å². The van der Waals surface area contributed by atoms with Gasteiger partial charge in [0.15, 0.2) is 0 Å². The van der Waals surface area contributed by atoms with Crippen molar-refractivity contribution in [1.29, 1.82) is 0 Å². The average molecular weight is 361 g/mol. The summed E-state index contributed by atoms with van der Waals surface area (Å²) in [5.74, 6) is 0.297. The standard InChI is InChI=1S/C16H10BrFN2S/c17-12-8-4-7-11(15(12)18)13-9-14(21)20-16(19-13)10-5-2-1-3-6-10/h1-9H,(H,19,20,21). The van der Waals surface area contributed by atoms with Crippen molar-refractivity contribution in [2.24, 2.45) is 0 Å². The minimum atomic E-state index is -0.326. The molecule has 0 radical (unpaired) electrons. The Morgan fingerprint density at radius 3 is 2.57 bits per heavy atom. The highest BCUT2D eigenvalue weighted by Crippen LogP contribution is 2.27. The van der Waals surface area contributed by atoms with E-state index in [1.165, 1.54) is 0 Å². The Hall–Kier alpha value is -1.85. The molecule has 5 heteroatoms. The molecule has 0 spiro atoms. The summed E-state index contributed by atoms with van der Waals surface area (Å²) in [4.78, 5) is 7.45. The van der Waals surface area contributed by atoms with Crippen LogP contribution in [0.4, 0.5) is 4.39 Å². The van der Waals surface area contributed by atoms with Gasteiger partial charge in [-0.3, -0.25) is 0 Å². The Balaban J connectivity index is 2.19. The Labute approximate surface area is 134 Å². The molecule has 0 aliphatic rings. The fraction of sp³-hybridized carbons (Fsp3) is 0. The second kappa shape index (κ2) is 5.87. The molecule has 0 atom stereocenters. The van der Waals surface area contributed by atoms with Gasteiger partial charge in [0.25, 0.3) is 0 Å². The summed E-state index contributed by atoms with van der Waals surface area (Å²) in [6.07, 6.45) is 0. The third-order valence-electron chi connectivity index (χ3n) is 3.03. The molecule has 0 amide bonds. The number of aromatic nitrogens is 2. The van der Waals surface area contributed by atoms with Gasteiger partial charge in [0, 0.05) is 11.1 Å². The van der Waals surface area contributed by atoms with Crippen LogP contribution in [-0.4, -0.2) is 9.97 Å². The maximum Gasteiger partial charge on any atom is 0.146 e. The minimum absolute atomic E-state index is 0.326. The molecule has 2 aromatic carbocycles. The van der Waals surface area contributed by atoms with E-state index >= 15 is 0 Å². The number of benzene rings is 2. The van der Waals surface area contributed by atoms with Gasteiger partial charge in [0.1, 0.15) is 16.3 Å². The number of nitrogens with one attached hydrogen (secondary N) is 1. The van der Waals surface area contributed by atoms with Crippen LogP contribution in [0.5, 0.6) is 0 Å². The van der Waals surface area contributed by atoms with Crippen molar-refractivity contribution in [3.8, 4) is 22.6 Å². The van der Waals surface area contributed by atoms with Crippen LogP contribution in [0, 0.1) is 10.5 Å². The summed E-state index contributed by atoms with van der Waals surface area (Å²) in [5, 5.41) is 0. The van der Waals surface area contributed by atoms with Crippen LogP contribution in [0.25, 0.3) is 22.6 Å². The molecule has 3 aromatic rings. The lowest BCUT2D eigenvalue weighted by atomic mass is 10.1. The zero-order valence-corrected chi connectivity index (χ0v) is 13.2. The highest BCUT2D eigenvalue weighted by Gasteiger charge is 2.10. The van der Waals surface area contributed by atoms with Crippen molar-refractivity contribution in [2.45, 2.75) is 0 Å². The molecule has 2 nitrogen and oxygen atoms in total. The van der Waals surface area contributed by atoms with Crippen molar-refractivity contribution >= 4 is 28.1 Å². The lowest BCUT2D eigenvalue weighted by Gasteiger charge is -2.08. The Bertz CT molecular complexity index is 846. The van der Waals surface area contributed by atoms with Gasteiger partial charge in [-0.25, -0.2) is 9.37 Å². The highest BCUT2D eigenvalue weighted by atomic mass is 79.9. The van der Waals surface area contributed by atoms with Crippen LogP contribution < -0.4 is 0 Å².